The fraction of sp³-hybridized carbons (Fsp3) is 0.333. The molecule has 5 heteroatoms. The van der Waals surface area contributed by atoms with Gasteiger partial charge in [0.05, 0.1) is 11.3 Å². The van der Waals surface area contributed by atoms with Crippen molar-refractivity contribution >= 4 is 17.5 Å². The van der Waals surface area contributed by atoms with Crippen molar-refractivity contribution in [2.75, 3.05) is 11.9 Å². The summed E-state index contributed by atoms with van der Waals surface area (Å²) in [6.45, 7) is 6.29. The van der Waals surface area contributed by atoms with Gasteiger partial charge in [0.1, 0.15) is 5.75 Å². The van der Waals surface area contributed by atoms with Crippen LogP contribution in [0.3, 0.4) is 0 Å². The van der Waals surface area contributed by atoms with Crippen molar-refractivity contribution in [3.05, 3.63) is 59.7 Å². The fourth-order valence-corrected chi connectivity index (χ4v) is 2.43. The van der Waals surface area contributed by atoms with E-state index in [1.54, 1.807) is 31.2 Å². The molecule has 2 aromatic carbocycles. The molecule has 2 N–H and O–H groups in total. The molecule has 0 aliphatic carbocycles. The Labute approximate surface area is 154 Å². The van der Waals surface area contributed by atoms with Gasteiger partial charge < -0.3 is 15.4 Å². The van der Waals surface area contributed by atoms with Crippen molar-refractivity contribution in [3.63, 3.8) is 0 Å². The third kappa shape index (κ3) is 5.34. The van der Waals surface area contributed by atoms with Crippen molar-refractivity contribution in [1.29, 1.82) is 0 Å². The van der Waals surface area contributed by atoms with E-state index in [2.05, 4.69) is 17.6 Å². The molecule has 0 aromatic heterocycles. The highest BCUT2D eigenvalue weighted by Gasteiger charge is 2.18. The lowest BCUT2D eigenvalue weighted by Crippen LogP contribution is -2.32. The van der Waals surface area contributed by atoms with Gasteiger partial charge in [-0.2, -0.15) is 0 Å². The lowest BCUT2D eigenvalue weighted by molar-refractivity contribution is -0.122. The Morgan fingerprint density at radius 2 is 1.77 bits per heavy atom. The van der Waals surface area contributed by atoms with Crippen LogP contribution in [-0.2, 0) is 4.79 Å². The molecule has 0 bridgehead atoms. The first-order valence-corrected chi connectivity index (χ1v) is 8.93. The highest BCUT2D eigenvalue weighted by molar-refractivity contribution is 6.04. The average molecular weight is 354 g/mol. The summed E-state index contributed by atoms with van der Waals surface area (Å²) in [5.74, 6) is 0.171. The van der Waals surface area contributed by atoms with E-state index in [1.165, 1.54) is 0 Å². The summed E-state index contributed by atoms with van der Waals surface area (Å²) in [6, 6.07) is 14.5. The van der Waals surface area contributed by atoms with E-state index in [0.717, 1.165) is 18.4 Å². The van der Waals surface area contributed by atoms with Crippen LogP contribution in [0.1, 0.15) is 42.6 Å². The molecule has 0 radical (unpaired) electrons. The number of carbonyl (C=O) groups is 2. The molecule has 0 fully saturated rings. The van der Waals surface area contributed by atoms with Crippen LogP contribution < -0.4 is 15.4 Å². The fourth-order valence-electron chi connectivity index (χ4n) is 2.43. The van der Waals surface area contributed by atoms with Crippen molar-refractivity contribution in [2.45, 2.75) is 39.7 Å². The maximum atomic E-state index is 12.5. The smallest absolute Gasteiger partial charge is 0.265 e. The Kier molecular flexibility index (Phi) is 7.21. The van der Waals surface area contributed by atoms with Crippen LogP contribution >= 0.6 is 0 Å². The molecule has 0 aliphatic heterocycles. The van der Waals surface area contributed by atoms with Gasteiger partial charge in [-0.3, -0.25) is 9.59 Å². The number of nitrogens with one attached hydrogen (secondary N) is 2. The van der Waals surface area contributed by atoms with Gasteiger partial charge in [0.25, 0.3) is 11.8 Å². The number of amides is 2. The summed E-state index contributed by atoms with van der Waals surface area (Å²) in [7, 11) is 0. The zero-order valence-electron chi connectivity index (χ0n) is 15.5. The second-order valence-corrected chi connectivity index (χ2v) is 6.17. The number of ether oxygens (including phenoxy) is 1. The van der Waals surface area contributed by atoms with Gasteiger partial charge in [-0.05, 0) is 44.0 Å². The van der Waals surface area contributed by atoms with Gasteiger partial charge >= 0.3 is 0 Å². The Morgan fingerprint density at radius 3 is 2.50 bits per heavy atom. The molecule has 0 aliphatic rings. The average Bonchev–Trinajstić information content (AvgIpc) is 2.64. The molecule has 26 heavy (non-hydrogen) atoms. The van der Waals surface area contributed by atoms with E-state index in [1.807, 2.05) is 31.2 Å². The maximum Gasteiger partial charge on any atom is 0.265 e. The van der Waals surface area contributed by atoms with Crippen LogP contribution in [0.4, 0.5) is 5.69 Å². The second kappa shape index (κ2) is 9.61. The summed E-state index contributed by atoms with van der Waals surface area (Å²) in [5.41, 5.74) is 1.88. The molecule has 0 unspecified atom stereocenters. The Morgan fingerprint density at radius 1 is 1.08 bits per heavy atom. The van der Waals surface area contributed by atoms with Crippen molar-refractivity contribution in [1.82, 2.24) is 5.32 Å². The van der Waals surface area contributed by atoms with Crippen LogP contribution in [0.15, 0.2) is 48.5 Å². The van der Waals surface area contributed by atoms with Gasteiger partial charge in [-0.25, -0.2) is 0 Å². The molecular weight excluding hydrogens is 328 g/mol. The molecule has 138 valence electrons. The Balaban J connectivity index is 2.04. The molecular formula is C21H26N2O3. The SMILES string of the molecule is CCCCNC(=O)c1ccccc1NC(=O)[C@H](C)Oc1ccccc1C. The minimum atomic E-state index is -0.688. The molecule has 2 rings (SSSR count). The van der Waals surface area contributed by atoms with Gasteiger partial charge in [-0.1, -0.05) is 43.7 Å². The van der Waals surface area contributed by atoms with Gasteiger partial charge in [0.15, 0.2) is 6.10 Å². The van der Waals surface area contributed by atoms with Crippen molar-refractivity contribution in [2.24, 2.45) is 0 Å². The zero-order valence-corrected chi connectivity index (χ0v) is 15.5. The summed E-state index contributed by atoms with van der Waals surface area (Å²) < 4.78 is 5.75. The third-order valence-electron chi connectivity index (χ3n) is 4.01. The number of rotatable bonds is 8. The van der Waals surface area contributed by atoms with Crippen LogP contribution in [0.25, 0.3) is 0 Å². The monoisotopic (exact) mass is 354 g/mol. The molecule has 0 saturated carbocycles. The molecule has 2 aromatic rings. The summed E-state index contributed by atoms with van der Waals surface area (Å²) in [5, 5.41) is 5.67. The standard InChI is InChI=1S/C21H26N2O3/c1-4-5-14-22-21(25)17-11-7-8-12-18(17)23-20(24)16(3)26-19-13-9-6-10-15(19)2/h6-13,16H,4-5,14H2,1-3H3,(H,22,25)(H,23,24)/t16-/m0/s1. The number of anilines is 1. The first-order chi connectivity index (χ1) is 12.5. The molecule has 1 atom stereocenters. The zero-order chi connectivity index (χ0) is 18.9. The van der Waals surface area contributed by atoms with E-state index in [9.17, 15) is 9.59 Å². The number of para-hydroxylation sites is 2. The van der Waals surface area contributed by atoms with Crippen LogP contribution in [0, 0.1) is 6.92 Å². The first kappa shape index (κ1) is 19.5. The van der Waals surface area contributed by atoms with E-state index in [0.29, 0.717) is 23.5 Å². The normalized spacial score (nSPS) is 11.5. The molecule has 2 amide bonds. The first-order valence-electron chi connectivity index (χ1n) is 8.93. The predicted octanol–water partition coefficient (Wildman–Crippen LogP) is 3.93. The van der Waals surface area contributed by atoms with Gasteiger partial charge in [-0.15, -0.1) is 0 Å². The quantitative estimate of drug-likeness (QED) is 0.706. The largest absolute Gasteiger partial charge is 0.481 e. The topological polar surface area (TPSA) is 67.4 Å². The van der Waals surface area contributed by atoms with Crippen molar-refractivity contribution in [3.8, 4) is 5.75 Å². The summed E-state index contributed by atoms with van der Waals surface area (Å²) in [6.07, 6.45) is 1.24. The number of unbranched alkanes of at least 4 members (excludes halogenated alkanes) is 1. The number of hydrogen-bond acceptors (Lipinski definition) is 3. The van der Waals surface area contributed by atoms with Crippen LogP contribution in [0.2, 0.25) is 0 Å². The maximum absolute atomic E-state index is 12.5. The predicted molar refractivity (Wildman–Crippen MR) is 104 cm³/mol. The third-order valence-corrected chi connectivity index (χ3v) is 4.01. The van der Waals surface area contributed by atoms with E-state index < -0.39 is 6.10 Å². The number of carbonyl (C=O) groups excluding carboxylic acids is 2. The van der Waals surface area contributed by atoms with Crippen LogP contribution in [0.5, 0.6) is 5.75 Å². The van der Waals surface area contributed by atoms with E-state index >= 15 is 0 Å². The number of hydrogen-bond donors (Lipinski definition) is 2. The van der Waals surface area contributed by atoms with Crippen molar-refractivity contribution < 1.29 is 14.3 Å². The van der Waals surface area contributed by atoms with Crippen LogP contribution in [-0.4, -0.2) is 24.5 Å². The minimum Gasteiger partial charge on any atom is -0.481 e. The number of aryl methyl sites for hydroxylation is 1. The van der Waals surface area contributed by atoms with E-state index in [4.69, 9.17) is 4.74 Å². The lowest BCUT2D eigenvalue weighted by atomic mass is 10.1. The molecule has 5 nitrogen and oxygen atoms in total. The van der Waals surface area contributed by atoms with E-state index in [-0.39, 0.29) is 11.8 Å². The van der Waals surface area contributed by atoms with Gasteiger partial charge in [0.2, 0.25) is 0 Å². The lowest BCUT2D eigenvalue weighted by Gasteiger charge is -2.17. The molecule has 0 heterocycles. The molecule has 0 saturated heterocycles. The Hall–Kier alpha value is -2.82. The highest BCUT2D eigenvalue weighted by atomic mass is 16.5. The summed E-state index contributed by atoms with van der Waals surface area (Å²) >= 11 is 0. The molecule has 0 spiro atoms. The minimum absolute atomic E-state index is 0.193. The second-order valence-electron chi connectivity index (χ2n) is 6.17. The number of benzene rings is 2. The summed E-state index contributed by atoms with van der Waals surface area (Å²) in [4.78, 5) is 24.8. The Bertz CT molecular complexity index is 758. The van der Waals surface area contributed by atoms with Gasteiger partial charge in [0, 0.05) is 6.54 Å². The highest BCUT2D eigenvalue weighted by Crippen LogP contribution is 2.19.